The quantitative estimate of drug-likeness (QED) is 0.850. The summed E-state index contributed by atoms with van der Waals surface area (Å²) >= 11 is 0. The summed E-state index contributed by atoms with van der Waals surface area (Å²) in [4.78, 5) is 10.7. The standard InChI is InChI=1S/C16H22O3/c1-10(2)13-5-4-11(3)14(8-13)16(12-6-7-12)19-9-15(17)18/h4-5,8,10,12,16H,6-7,9H2,1-3H3,(H,17,18). The van der Waals surface area contributed by atoms with E-state index in [0.717, 1.165) is 18.4 Å². The van der Waals surface area contributed by atoms with Crippen molar-refractivity contribution in [3.8, 4) is 0 Å². The number of carboxylic acids is 1. The second kappa shape index (κ2) is 5.74. The third-order valence-corrected chi connectivity index (χ3v) is 3.71. The predicted octanol–water partition coefficient (Wildman–Crippen LogP) is 3.67. The van der Waals surface area contributed by atoms with E-state index in [1.807, 2.05) is 0 Å². The van der Waals surface area contributed by atoms with Crippen LogP contribution in [0, 0.1) is 12.8 Å². The number of aryl methyl sites for hydroxylation is 1. The second-order valence-corrected chi connectivity index (χ2v) is 5.73. The van der Waals surface area contributed by atoms with Crippen LogP contribution in [0.5, 0.6) is 0 Å². The maximum absolute atomic E-state index is 10.7. The van der Waals surface area contributed by atoms with Gasteiger partial charge >= 0.3 is 5.97 Å². The van der Waals surface area contributed by atoms with E-state index in [4.69, 9.17) is 9.84 Å². The van der Waals surface area contributed by atoms with E-state index in [9.17, 15) is 4.79 Å². The van der Waals surface area contributed by atoms with E-state index in [1.54, 1.807) is 0 Å². The normalized spacial score (nSPS) is 16.6. The number of hydrogen-bond acceptors (Lipinski definition) is 2. The molecule has 0 bridgehead atoms. The molecule has 19 heavy (non-hydrogen) atoms. The van der Waals surface area contributed by atoms with Gasteiger partial charge in [-0.15, -0.1) is 0 Å². The van der Waals surface area contributed by atoms with Crippen molar-refractivity contribution in [1.29, 1.82) is 0 Å². The molecule has 2 rings (SSSR count). The lowest BCUT2D eigenvalue weighted by Gasteiger charge is -2.20. The fourth-order valence-electron chi connectivity index (χ4n) is 2.36. The van der Waals surface area contributed by atoms with Crippen LogP contribution < -0.4 is 0 Å². The lowest BCUT2D eigenvalue weighted by molar-refractivity contribution is -0.145. The summed E-state index contributed by atoms with van der Waals surface area (Å²) < 4.78 is 5.63. The molecule has 1 aliphatic carbocycles. The molecule has 3 nitrogen and oxygen atoms in total. The zero-order valence-corrected chi connectivity index (χ0v) is 11.8. The van der Waals surface area contributed by atoms with Crippen LogP contribution in [0.15, 0.2) is 18.2 Å². The van der Waals surface area contributed by atoms with Gasteiger partial charge in [-0.05, 0) is 48.3 Å². The minimum atomic E-state index is -0.900. The van der Waals surface area contributed by atoms with Crippen molar-refractivity contribution in [1.82, 2.24) is 0 Å². The molecule has 1 aliphatic rings. The summed E-state index contributed by atoms with van der Waals surface area (Å²) in [5, 5.41) is 8.80. The zero-order valence-electron chi connectivity index (χ0n) is 11.8. The molecule has 0 saturated heterocycles. The largest absolute Gasteiger partial charge is 0.480 e. The van der Waals surface area contributed by atoms with Gasteiger partial charge in [0.05, 0.1) is 6.10 Å². The second-order valence-electron chi connectivity index (χ2n) is 5.73. The molecule has 0 spiro atoms. The van der Waals surface area contributed by atoms with Crippen molar-refractivity contribution in [2.24, 2.45) is 5.92 Å². The van der Waals surface area contributed by atoms with Crippen LogP contribution in [0.1, 0.15) is 55.4 Å². The highest BCUT2D eigenvalue weighted by molar-refractivity contribution is 5.68. The zero-order chi connectivity index (χ0) is 14.0. The monoisotopic (exact) mass is 262 g/mol. The lowest BCUT2D eigenvalue weighted by Crippen LogP contribution is -2.15. The molecule has 1 aromatic carbocycles. The molecule has 1 aromatic rings. The molecular formula is C16H22O3. The molecule has 1 fully saturated rings. The molecule has 0 aliphatic heterocycles. The Morgan fingerprint density at radius 3 is 2.63 bits per heavy atom. The van der Waals surface area contributed by atoms with Gasteiger partial charge in [0.2, 0.25) is 0 Å². The summed E-state index contributed by atoms with van der Waals surface area (Å²) in [6.07, 6.45) is 2.21. The minimum Gasteiger partial charge on any atom is -0.480 e. The first-order chi connectivity index (χ1) is 8.99. The van der Waals surface area contributed by atoms with E-state index in [-0.39, 0.29) is 12.7 Å². The van der Waals surface area contributed by atoms with Crippen LogP contribution in [0.25, 0.3) is 0 Å². The Kier molecular flexibility index (Phi) is 4.25. The van der Waals surface area contributed by atoms with E-state index in [2.05, 4.69) is 39.0 Å². The molecule has 0 aromatic heterocycles. The summed E-state index contributed by atoms with van der Waals surface area (Å²) in [6, 6.07) is 6.44. The third-order valence-electron chi connectivity index (χ3n) is 3.71. The van der Waals surface area contributed by atoms with Crippen LogP contribution in [-0.4, -0.2) is 17.7 Å². The van der Waals surface area contributed by atoms with Crippen LogP contribution >= 0.6 is 0 Å². The summed E-state index contributed by atoms with van der Waals surface area (Å²) in [5.41, 5.74) is 3.63. The number of carbonyl (C=O) groups is 1. The molecule has 0 heterocycles. The van der Waals surface area contributed by atoms with Crippen molar-refractivity contribution in [2.45, 2.75) is 45.6 Å². The number of hydrogen-bond donors (Lipinski definition) is 1. The third kappa shape index (κ3) is 3.57. The maximum atomic E-state index is 10.7. The molecule has 1 saturated carbocycles. The Balaban J connectivity index is 2.24. The SMILES string of the molecule is Cc1ccc(C(C)C)cc1C(OCC(=O)O)C1CC1. The first-order valence-corrected chi connectivity index (χ1v) is 6.93. The summed E-state index contributed by atoms with van der Waals surface area (Å²) in [5.74, 6) is 0.0578. The molecular weight excluding hydrogens is 240 g/mol. The topological polar surface area (TPSA) is 46.5 Å². The fourth-order valence-corrected chi connectivity index (χ4v) is 2.36. The van der Waals surface area contributed by atoms with E-state index in [0.29, 0.717) is 11.8 Å². The van der Waals surface area contributed by atoms with Gasteiger partial charge in [0.25, 0.3) is 0 Å². The summed E-state index contributed by atoms with van der Waals surface area (Å²) in [7, 11) is 0. The average Bonchev–Trinajstić information content (AvgIpc) is 3.15. The highest BCUT2D eigenvalue weighted by Gasteiger charge is 2.34. The Morgan fingerprint density at radius 2 is 2.11 bits per heavy atom. The van der Waals surface area contributed by atoms with Crippen molar-refractivity contribution < 1.29 is 14.6 Å². The van der Waals surface area contributed by atoms with Crippen molar-refractivity contribution in [2.75, 3.05) is 6.61 Å². The van der Waals surface area contributed by atoms with Gasteiger partial charge < -0.3 is 9.84 Å². The summed E-state index contributed by atoms with van der Waals surface area (Å²) in [6.45, 7) is 6.18. The van der Waals surface area contributed by atoms with Gasteiger partial charge in [0, 0.05) is 0 Å². The van der Waals surface area contributed by atoms with Crippen molar-refractivity contribution in [3.05, 3.63) is 34.9 Å². The molecule has 0 radical (unpaired) electrons. The number of carboxylic acid groups (broad SMARTS) is 1. The Bertz CT molecular complexity index is 461. The van der Waals surface area contributed by atoms with Gasteiger partial charge in [-0.2, -0.15) is 0 Å². The Morgan fingerprint density at radius 1 is 1.42 bits per heavy atom. The predicted molar refractivity (Wildman–Crippen MR) is 74.3 cm³/mol. The van der Waals surface area contributed by atoms with Gasteiger partial charge in [0.1, 0.15) is 6.61 Å². The smallest absolute Gasteiger partial charge is 0.329 e. The number of aliphatic carboxylic acids is 1. The van der Waals surface area contributed by atoms with Gasteiger partial charge in [-0.3, -0.25) is 0 Å². The van der Waals surface area contributed by atoms with E-state index < -0.39 is 5.97 Å². The van der Waals surface area contributed by atoms with Crippen LogP contribution in [0.2, 0.25) is 0 Å². The van der Waals surface area contributed by atoms with Crippen molar-refractivity contribution in [3.63, 3.8) is 0 Å². The average molecular weight is 262 g/mol. The van der Waals surface area contributed by atoms with Gasteiger partial charge in [0.15, 0.2) is 0 Å². The first kappa shape index (κ1) is 14.1. The first-order valence-electron chi connectivity index (χ1n) is 6.93. The molecule has 1 unspecified atom stereocenters. The number of rotatable bonds is 6. The molecule has 3 heteroatoms. The van der Waals surface area contributed by atoms with Crippen molar-refractivity contribution >= 4 is 5.97 Å². The lowest BCUT2D eigenvalue weighted by atomic mass is 9.93. The molecule has 104 valence electrons. The Labute approximate surface area is 114 Å². The molecule has 1 N–H and O–H groups in total. The van der Waals surface area contributed by atoms with Crippen LogP contribution in [0.4, 0.5) is 0 Å². The van der Waals surface area contributed by atoms with Gasteiger partial charge in [-0.25, -0.2) is 4.79 Å². The number of benzene rings is 1. The molecule has 1 atom stereocenters. The minimum absolute atomic E-state index is 0.0604. The van der Waals surface area contributed by atoms with E-state index in [1.165, 1.54) is 11.1 Å². The highest BCUT2D eigenvalue weighted by Crippen LogP contribution is 2.44. The van der Waals surface area contributed by atoms with Gasteiger partial charge in [-0.1, -0.05) is 32.0 Å². The fraction of sp³-hybridized carbons (Fsp3) is 0.562. The van der Waals surface area contributed by atoms with E-state index >= 15 is 0 Å². The molecule has 0 amide bonds. The number of ether oxygens (including phenoxy) is 1. The van der Waals surface area contributed by atoms with Crippen LogP contribution in [-0.2, 0) is 9.53 Å². The highest BCUT2D eigenvalue weighted by atomic mass is 16.5. The van der Waals surface area contributed by atoms with Crippen LogP contribution in [0.3, 0.4) is 0 Å². The maximum Gasteiger partial charge on any atom is 0.329 e. The Hall–Kier alpha value is -1.35.